The van der Waals surface area contributed by atoms with E-state index in [0.29, 0.717) is 0 Å². The summed E-state index contributed by atoms with van der Waals surface area (Å²) in [5.41, 5.74) is 2.51. The highest BCUT2D eigenvalue weighted by molar-refractivity contribution is 8.01. The number of hydrogen-bond donors (Lipinski definition) is 2. The lowest BCUT2D eigenvalue weighted by molar-refractivity contribution is -0.161. The van der Waals surface area contributed by atoms with Gasteiger partial charge < -0.3 is 10.0 Å². The fourth-order valence-electron chi connectivity index (χ4n) is 4.76. The Morgan fingerprint density at radius 3 is 1.68 bits per heavy atom. The van der Waals surface area contributed by atoms with Gasteiger partial charge in [0.15, 0.2) is 0 Å². The van der Waals surface area contributed by atoms with Crippen LogP contribution in [0.5, 0.6) is 0 Å². The van der Waals surface area contributed by atoms with Gasteiger partial charge in [0.05, 0.1) is 10.3 Å². The van der Waals surface area contributed by atoms with Gasteiger partial charge in [-0.2, -0.15) is 0 Å². The molecule has 3 atom stereocenters. The molecule has 2 fully saturated rings. The predicted octanol–water partition coefficient (Wildman–Crippen LogP) is 3.95. The predicted molar refractivity (Wildman–Crippen MR) is 124 cm³/mol. The number of carbonyl (C=O) groups is 1. The quantitative estimate of drug-likeness (QED) is 0.475. The smallest absolute Gasteiger partial charge is 0.245 e. The van der Waals surface area contributed by atoms with Gasteiger partial charge >= 0.3 is 0 Å². The summed E-state index contributed by atoms with van der Waals surface area (Å²) in [6.45, 7) is 3.98. The molecular formula is C26H26N2O2S. The zero-order valence-corrected chi connectivity index (χ0v) is 18.4. The van der Waals surface area contributed by atoms with Gasteiger partial charge in [-0.3, -0.25) is 10.1 Å². The van der Waals surface area contributed by atoms with Crippen LogP contribution in [0.15, 0.2) is 91.0 Å². The van der Waals surface area contributed by atoms with Crippen molar-refractivity contribution in [2.75, 3.05) is 0 Å². The minimum absolute atomic E-state index is 0.0530. The van der Waals surface area contributed by atoms with Crippen LogP contribution < -0.4 is 5.32 Å². The van der Waals surface area contributed by atoms with Crippen LogP contribution in [0.4, 0.5) is 0 Å². The summed E-state index contributed by atoms with van der Waals surface area (Å²) in [6.07, 6.45) is -0.771. The van der Waals surface area contributed by atoms with E-state index in [0.717, 1.165) is 16.7 Å². The Balaban J connectivity index is 1.66. The van der Waals surface area contributed by atoms with Crippen molar-refractivity contribution in [1.82, 2.24) is 10.2 Å². The van der Waals surface area contributed by atoms with Gasteiger partial charge in [-0.15, -0.1) is 11.8 Å². The van der Waals surface area contributed by atoms with Crippen LogP contribution >= 0.6 is 11.8 Å². The normalized spacial score (nSPS) is 24.5. The molecule has 0 bridgehead atoms. The minimum Gasteiger partial charge on any atom is -0.372 e. The Hall–Kier alpha value is -2.60. The second-order valence-electron chi connectivity index (χ2n) is 8.70. The number of nitrogens with zero attached hydrogens (tertiary/aromatic N) is 1. The van der Waals surface area contributed by atoms with E-state index in [1.165, 1.54) is 0 Å². The molecule has 0 aromatic heterocycles. The maximum atomic E-state index is 13.2. The fourth-order valence-corrected chi connectivity index (χ4v) is 6.27. The topological polar surface area (TPSA) is 52.6 Å². The van der Waals surface area contributed by atoms with Crippen molar-refractivity contribution in [2.24, 2.45) is 0 Å². The summed E-state index contributed by atoms with van der Waals surface area (Å²) in [4.78, 5) is 14.8. The Labute approximate surface area is 187 Å². The highest BCUT2D eigenvalue weighted by Crippen LogP contribution is 2.51. The third kappa shape index (κ3) is 3.11. The molecule has 0 radical (unpaired) electrons. The van der Waals surface area contributed by atoms with Crippen LogP contribution in [0, 0.1) is 0 Å². The average molecular weight is 431 g/mol. The molecule has 5 rings (SSSR count). The molecule has 0 aliphatic carbocycles. The minimum atomic E-state index is -0.771. The second-order valence-corrected chi connectivity index (χ2v) is 10.5. The molecule has 158 valence electrons. The fraction of sp³-hybridized carbons (Fsp3) is 0.269. The number of aliphatic hydroxyl groups excluding tert-OH is 1. The number of amides is 1. The molecule has 2 aliphatic heterocycles. The van der Waals surface area contributed by atoms with Gasteiger partial charge in [-0.1, -0.05) is 91.0 Å². The van der Waals surface area contributed by atoms with Crippen LogP contribution in [-0.2, 0) is 10.3 Å². The lowest BCUT2D eigenvalue weighted by atomic mass is 9.76. The number of fused-ring (bicyclic) bond motifs is 1. The molecular weight excluding hydrogens is 404 g/mol. The molecule has 1 amide bonds. The zero-order valence-electron chi connectivity index (χ0n) is 17.6. The Morgan fingerprint density at radius 2 is 1.26 bits per heavy atom. The first-order valence-electron chi connectivity index (χ1n) is 10.6. The van der Waals surface area contributed by atoms with E-state index in [1.807, 2.05) is 68.4 Å². The number of benzene rings is 3. The van der Waals surface area contributed by atoms with Crippen molar-refractivity contribution in [2.45, 2.75) is 41.8 Å². The monoisotopic (exact) mass is 430 g/mol. The highest BCUT2D eigenvalue weighted by Gasteiger charge is 2.62. The number of carbonyl (C=O) groups excluding carboxylic acids is 1. The summed E-state index contributed by atoms with van der Waals surface area (Å²) in [5, 5.41) is 14.3. The van der Waals surface area contributed by atoms with Crippen LogP contribution in [0.1, 0.15) is 30.5 Å². The van der Waals surface area contributed by atoms with E-state index >= 15 is 0 Å². The lowest BCUT2D eigenvalue weighted by Crippen LogP contribution is -2.71. The third-order valence-electron chi connectivity index (χ3n) is 6.38. The maximum Gasteiger partial charge on any atom is 0.245 e. The third-order valence-corrected chi connectivity index (χ3v) is 7.94. The van der Waals surface area contributed by atoms with E-state index in [4.69, 9.17) is 0 Å². The highest BCUT2D eigenvalue weighted by atomic mass is 32.2. The number of thioether (sulfide) groups is 1. The van der Waals surface area contributed by atoms with Crippen molar-refractivity contribution in [3.63, 3.8) is 0 Å². The molecule has 0 spiro atoms. The first kappa shape index (κ1) is 20.3. The number of β-lactam (4-membered cyclic amide) rings is 1. The molecule has 2 saturated heterocycles. The molecule has 3 unspecified atom stereocenters. The molecule has 31 heavy (non-hydrogen) atoms. The van der Waals surface area contributed by atoms with Gasteiger partial charge in [-0.05, 0) is 30.5 Å². The first-order chi connectivity index (χ1) is 14.9. The zero-order chi connectivity index (χ0) is 21.6. The van der Waals surface area contributed by atoms with Crippen molar-refractivity contribution < 1.29 is 9.90 Å². The van der Waals surface area contributed by atoms with E-state index in [1.54, 1.807) is 16.7 Å². The number of rotatable bonds is 5. The molecule has 2 N–H and O–H groups in total. The van der Waals surface area contributed by atoms with Gasteiger partial charge in [-0.25, -0.2) is 0 Å². The average Bonchev–Trinajstić information content (AvgIpc) is 3.02. The summed E-state index contributed by atoms with van der Waals surface area (Å²) in [7, 11) is 0. The van der Waals surface area contributed by atoms with Crippen molar-refractivity contribution in [3.8, 4) is 0 Å². The van der Waals surface area contributed by atoms with E-state index in [9.17, 15) is 9.90 Å². The van der Waals surface area contributed by atoms with Crippen LogP contribution in [0.2, 0.25) is 0 Å². The van der Waals surface area contributed by atoms with Crippen LogP contribution in [0.25, 0.3) is 0 Å². The second kappa shape index (κ2) is 7.52. The SMILES string of the molecule is CC1(C)SC2C(NC(c3ccccc3)(c3ccccc3)c3ccccc3)C(=O)N2C1O. The van der Waals surface area contributed by atoms with Gasteiger partial charge in [0, 0.05) is 0 Å². The largest absolute Gasteiger partial charge is 0.372 e. The molecule has 2 aliphatic rings. The van der Waals surface area contributed by atoms with E-state index in [-0.39, 0.29) is 11.3 Å². The van der Waals surface area contributed by atoms with Crippen molar-refractivity contribution >= 4 is 17.7 Å². The summed E-state index contributed by atoms with van der Waals surface area (Å²) in [5.74, 6) is -0.0530. The number of hydrogen-bond acceptors (Lipinski definition) is 4. The number of aliphatic hydroxyl groups is 1. The molecule has 5 heteroatoms. The number of nitrogens with one attached hydrogen (secondary N) is 1. The van der Waals surface area contributed by atoms with Gasteiger partial charge in [0.2, 0.25) is 5.91 Å². The lowest BCUT2D eigenvalue weighted by Gasteiger charge is -2.49. The molecule has 2 heterocycles. The van der Waals surface area contributed by atoms with Crippen molar-refractivity contribution in [3.05, 3.63) is 108 Å². The van der Waals surface area contributed by atoms with E-state index in [2.05, 4.69) is 41.7 Å². The van der Waals surface area contributed by atoms with Crippen LogP contribution in [0.3, 0.4) is 0 Å². The van der Waals surface area contributed by atoms with E-state index < -0.39 is 22.6 Å². The Bertz CT molecular complexity index is 976. The maximum absolute atomic E-state index is 13.2. The molecule has 3 aromatic rings. The van der Waals surface area contributed by atoms with Crippen molar-refractivity contribution in [1.29, 1.82) is 0 Å². The summed E-state index contributed by atoms with van der Waals surface area (Å²) in [6, 6.07) is 30.4. The van der Waals surface area contributed by atoms with Gasteiger partial charge in [0.25, 0.3) is 0 Å². The van der Waals surface area contributed by atoms with Crippen LogP contribution in [-0.4, -0.2) is 38.3 Å². The molecule has 4 nitrogen and oxygen atoms in total. The molecule has 3 aromatic carbocycles. The summed E-state index contributed by atoms with van der Waals surface area (Å²) >= 11 is 1.66. The summed E-state index contributed by atoms with van der Waals surface area (Å²) < 4.78 is -0.397. The Kier molecular flexibility index (Phi) is 4.93. The Morgan fingerprint density at radius 1 is 0.839 bits per heavy atom. The standard InChI is InChI=1S/C26H26N2O2S/c1-25(2)24(30)28-22(29)21(23(28)31-25)27-26(18-12-6-3-7-13-18,19-14-8-4-9-15-19)20-16-10-5-11-17-20/h3-17,21,23-24,27,30H,1-2H3. The first-order valence-corrected chi connectivity index (χ1v) is 11.5. The van der Waals surface area contributed by atoms with Gasteiger partial charge in [0.1, 0.15) is 17.6 Å². The molecule has 0 saturated carbocycles.